The molecule has 0 bridgehead atoms. The highest BCUT2D eigenvalue weighted by molar-refractivity contribution is 5.46. The van der Waals surface area contributed by atoms with Gasteiger partial charge in [-0.1, -0.05) is 102 Å². The molecular weight excluding hydrogens is 326 g/mol. The molecule has 0 aliphatic carbocycles. The molecule has 0 unspecified atom stereocenters. The average Bonchev–Trinajstić information content (AvgIpc) is 2.59. The summed E-state index contributed by atoms with van der Waals surface area (Å²) >= 11 is 0. The summed E-state index contributed by atoms with van der Waals surface area (Å²) in [6.45, 7) is 10.8. The van der Waals surface area contributed by atoms with Crippen molar-refractivity contribution in [2.24, 2.45) is 5.92 Å². The Morgan fingerprint density at radius 3 is 1.88 bits per heavy atom. The van der Waals surface area contributed by atoms with Crippen molar-refractivity contribution in [1.82, 2.24) is 0 Å². The zero-order chi connectivity index (χ0) is 17.5. The van der Waals surface area contributed by atoms with Crippen LogP contribution in [-0.2, 0) is 6.54 Å². The maximum Gasteiger partial charge on any atom is 0.101 e. The molecule has 2 N–H and O–H groups in total. The number of hydrogen-bond acceptors (Lipinski definition) is 0. The summed E-state index contributed by atoms with van der Waals surface area (Å²) in [5.74, 6) is 0.883. The van der Waals surface area contributed by atoms with Crippen molar-refractivity contribution in [3.05, 3.63) is 42.0 Å². The van der Waals surface area contributed by atoms with Crippen LogP contribution in [0.2, 0.25) is 0 Å². The monoisotopic (exact) mass is 365 g/mol. The van der Waals surface area contributed by atoms with Crippen molar-refractivity contribution in [2.45, 2.75) is 84.6 Å². The first-order valence-electron chi connectivity index (χ1n) is 10.3. The van der Waals surface area contributed by atoms with Crippen molar-refractivity contribution < 1.29 is 17.7 Å². The van der Waals surface area contributed by atoms with E-state index in [1.165, 1.54) is 81.9 Å². The summed E-state index contributed by atoms with van der Waals surface area (Å²) < 4.78 is 0. The highest BCUT2D eigenvalue weighted by atomic mass is 35.5. The first-order valence-corrected chi connectivity index (χ1v) is 10.3. The van der Waals surface area contributed by atoms with Gasteiger partial charge in [0.05, 0.1) is 6.54 Å². The van der Waals surface area contributed by atoms with Crippen molar-refractivity contribution >= 4 is 6.08 Å². The lowest BCUT2D eigenvalue weighted by atomic mass is 10.0. The fourth-order valence-electron chi connectivity index (χ4n) is 3.14. The average molecular weight is 366 g/mol. The molecule has 0 radical (unpaired) electrons. The lowest BCUT2D eigenvalue weighted by molar-refractivity contribution is -0.671. The van der Waals surface area contributed by atoms with Gasteiger partial charge in [-0.3, -0.25) is 0 Å². The summed E-state index contributed by atoms with van der Waals surface area (Å²) in [6, 6.07) is 8.74. The molecule has 2 heteroatoms. The summed E-state index contributed by atoms with van der Waals surface area (Å²) in [5.41, 5.74) is 2.62. The van der Waals surface area contributed by atoms with Gasteiger partial charge < -0.3 is 17.7 Å². The van der Waals surface area contributed by atoms with E-state index in [4.69, 9.17) is 0 Å². The maximum absolute atomic E-state index is 3.79. The van der Waals surface area contributed by atoms with Gasteiger partial charge in [-0.05, 0) is 24.3 Å². The number of rotatable bonds is 15. The fourth-order valence-corrected chi connectivity index (χ4v) is 3.14. The van der Waals surface area contributed by atoms with E-state index in [2.05, 4.69) is 50.0 Å². The van der Waals surface area contributed by atoms with Crippen molar-refractivity contribution in [3.63, 3.8) is 0 Å². The number of nitrogens with two attached hydrogens (primary N) is 1. The largest absolute Gasteiger partial charge is 1.00 e. The molecule has 1 rings (SSSR count). The topological polar surface area (TPSA) is 16.6 Å². The molecule has 0 fully saturated rings. The van der Waals surface area contributed by atoms with Crippen LogP contribution in [0.15, 0.2) is 30.8 Å². The summed E-state index contributed by atoms with van der Waals surface area (Å²) in [5, 5.41) is 2.44. The number of halogens is 1. The van der Waals surface area contributed by atoms with Crippen molar-refractivity contribution in [3.8, 4) is 0 Å². The van der Waals surface area contributed by atoms with E-state index < -0.39 is 0 Å². The molecule has 0 saturated heterocycles. The van der Waals surface area contributed by atoms with Crippen LogP contribution in [0.3, 0.4) is 0 Å². The molecule has 0 amide bonds. The Morgan fingerprint density at radius 2 is 1.36 bits per heavy atom. The third kappa shape index (κ3) is 14.1. The van der Waals surface area contributed by atoms with Crippen LogP contribution < -0.4 is 17.7 Å². The van der Waals surface area contributed by atoms with Crippen LogP contribution in [0.1, 0.15) is 89.2 Å². The Bertz CT molecular complexity index is 411. The number of benzene rings is 1. The fraction of sp³-hybridized carbons (Fsp3) is 0.652. The molecular formula is C23H40ClN. The van der Waals surface area contributed by atoms with E-state index in [1.54, 1.807) is 0 Å². The minimum atomic E-state index is 0. The molecule has 0 aliphatic rings. The summed E-state index contributed by atoms with van der Waals surface area (Å²) in [7, 11) is 0. The molecule has 0 aliphatic heterocycles. The quantitative estimate of drug-likeness (QED) is 0.460. The second kappa shape index (κ2) is 16.7. The summed E-state index contributed by atoms with van der Waals surface area (Å²) in [4.78, 5) is 0. The van der Waals surface area contributed by atoms with E-state index in [-0.39, 0.29) is 12.4 Å². The van der Waals surface area contributed by atoms with E-state index in [9.17, 15) is 0 Å². The molecule has 0 saturated carbocycles. The normalized spacial score (nSPS) is 10.7. The molecule has 0 aromatic heterocycles. The van der Waals surface area contributed by atoms with Gasteiger partial charge in [0.25, 0.3) is 0 Å². The van der Waals surface area contributed by atoms with Crippen molar-refractivity contribution in [2.75, 3.05) is 6.54 Å². The lowest BCUT2D eigenvalue weighted by Gasteiger charge is -2.05. The third-order valence-electron chi connectivity index (χ3n) is 4.79. The molecule has 1 nitrogen and oxygen atoms in total. The van der Waals surface area contributed by atoms with E-state index >= 15 is 0 Å². The smallest absolute Gasteiger partial charge is 0.101 e. The Balaban J connectivity index is 0.00000576. The van der Waals surface area contributed by atoms with Gasteiger partial charge in [0.1, 0.15) is 6.54 Å². The minimum absolute atomic E-state index is 0. The first kappa shape index (κ1) is 24.2. The standard InChI is InChI=1S/C23H39N.ClH/c1-4-22-15-17-23(18-16-22)20-24-19-13-11-9-7-5-6-8-10-12-14-21(2)3;/h4,15-18,21,24H,1,5-14,19-20H2,2-3H3;1H. The van der Waals surface area contributed by atoms with Gasteiger partial charge >= 0.3 is 0 Å². The first-order chi connectivity index (χ1) is 11.7. The lowest BCUT2D eigenvalue weighted by Crippen LogP contribution is -3.00. The number of unbranched alkanes of at least 4 members (excludes halogenated alkanes) is 8. The molecule has 0 atom stereocenters. The van der Waals surface area contributed by atoms with E-state index in [1.807, 2.05) is 6.08 Å². The third-order valence-corrected chi connectivity index (χ3v) is 4.79. The second-order valence-electron chi connectivity index (χ2n) is 7.59. The Labute approximate surface area is 163 Å². The van der Waals surface area contributed by atoms with Crippen LogP contribution in [0.25, 0.3) is 6.08 Å². The molecule has 0 spiro atoms. The van der Waals surface area contributed by atoms with Gasteiger partial charge in [-0.25, -0.2) is 0 Å². The van der Waals surface area contributed by atoms with Crippen LogP contribution in [-0.4, -0.2) is 6.54 Å². The maximum atomic E-state index is 3.79. The highest BCUT2D eigenvalue weighted by Gasteiger charge is 1.97. The van der Waals surface area contributed by atoms with E-state index in [0.29, 0.717) is 0 Å². The predicted octanol–water partition coefficient (Wildman–Crippen LogP) is 2.95. The minimum Gasteiger partial charge on any atom is -1.00 e. The van der Waals surface area contributed by atoms with Crippen LogP contribution in [0.4, 0.5) is 0 Å². The van der Waals surface area contributed by atoms with Gasteiger partial charge in [-0.2, -0.15) is 0 Å². The van der Waals surface area contributed by atoms with Crippen LogP contribution >= 0.6 is 0 Å². The molecule has 144 valence electrons. The van der Waals surface area contributed by atoms with Gasteiger partial charge in [0.15, 0.2) is 0 Å². The zero-order valence-electron chi connectivity index (χ0n) is 16.6. The second-order valence-corrected chi connectivity index (χ2v) is 7.59. The SMILES string of the molecule is C=Cc1ccc(C[NH2+]CCCCCCCCCCCC(C)C)cc1.[Cl-]. The van der Waals surface area contributed by atoms with Crippen LogP contribution in [0.5, 0.6) is 0 Å². The molecule has 0 heterocycles. The van der Waals surface area contributed by atoms with Crippen LogP contribution in [0, 0.1) is 5.92 Å². The Kier molecular flexibility index (Phi) is 16.1. The van der Waals surface area contributed by atoms with Gasteiger partial charge in [-0.15, -0.1) is 0 Å². The highest BCUT2D eigenvalue weighted by Crippen LogP contribution is 2.12. The predicted molar refractivity (Wildman–Crippen MR) is 108 cm³/mol. The zero-order valence-corrected chi connectivity index (χ0v) is 17.4. The summed E-state index contributed by atoms with van der Waals surface area (Å²) in [6.07, 6.45) is 16.2. The Hall–Kier alpha value is -0.790. The van der Waals surface area contributed by atoms with Crippen molar-refractivity contribution in [1.29, 1.82) is 0 Å². The van der Waals surface area contributed by atoms with Gasteiger partial charge in [0.2, 0.25) is 0 Å². The molecule has 1 aromatic carbocycles. The number of hydrogen-bond donors (Lipinski definition) is 1. The Morgan fingerprint density at radius 1 is 0.840 bits per heavy atom. The van der Waals surface area contributed by atoms with Gasteiger partial charge in [0, 0.05) is 5.56 Å². The molecule has 25 heavy (non-hydrogen) atoms. The number of quaternary nitrogens is 1. The molecule has 1 aromatic rings. The van der Waals surface area contributed by atoms with E-state index in [0.717, 1.165) is 12.5 Å².